The van der Waals surface area contributed by atoms with Crippen LogP contribution < -0.4 is 0 Å². The van der Waals surface area contributed by atoms with Gasteiger partial charge in [0.05, 0.1) is 11.5 Å². The van der Waals surface area contributed by atoms with E-state index in [1.54, 1.807) is 4.90 Å². The Morgan fingerprint density at radius 1 is 1.35 bits per heavy atom. The molecule has 0 aromatic heterocycles. The monoisotopic (exact) mass is 302 g/mol. The normalized spacial score (nSPS) is 30.3. The molecule has 5 nitrogen and oxygen atoms in total. The number of rotatable bonds is 4. The number of carbonyl (C=O) groups excluding carboxylic acids is 1. The van der Waals surface area contributed by atoms with Gasteiger partial charge in [0.25, 0.3) is 0 Å². The van der Waals surface area contributed by atoms with E-state index >= 15 is 0 Å². The third kappa shape index (κ3) is 3.95. The first-order chi connectivity index (χ1) is 9.41. The summed E-state index contributed by atoms with van der Waals surface area (Å²) < 4.78 is 23.1. The topological polar surface area (TPSA) is 57.7 Å². The van der Waals surface area contributed by atoms with Crippen LogP contribution in [0.5, 0.6) is 0 Å². The summed E-state index contributed by atoms with van der Waals surface area (Å²) in [6.45, 7) is 4.65. The number of sulfone groups is 1. The van der Waals surface area contributed by atoms with Gasteiger partial charge < -0.3 is 9.80 Å². The van der Waals surface area contributed by atoms with Gasteiger partial charge in [-0.25, -0.2) is 8.42 Å². The van der Waals surface area contributed by atoms with Gasteiger partial charge in [0.1, 0.15) is 0 Å². The van der Waals surface area contributed by atoms with E-state index in [9.17, 15) is 13.2 Å². The number of amides is 1. The Morgan fingerprint density at radius 3 is 2.65 bits per heavy atom. The predicted molar refractivity (Wildman–Crippen MR) is 79.3 cm³/mol. The van der Waals surface area contributed by atoms with Gasteiger partial charge >= 0.3 is 0 Å². The number of likely N-dealkylation sites (tertiary alicyclic amines) is 1. The zero-order valence-electron chi connectivity index (χ0n) is 12.5. The van der Waals surface area contributed by atoms with Crippen LogP contribution in [0.1, 0.15) is 32.6 Å². The summed E-state index contributed by atoms with van der Waals surface area (Å²) in [5.74, 6) is 0.938. The average molecular weight is 302 g/mol. The van der Waals surface area contributed by atoms with Crippen molar-refractivity contribution in [2.24, 2.45) is 5.92 Å². The first-order valence-electron chi connectivity index (χ1n) is 7.59. The van der Waals surface area contributed by atoms with E-state index in [1.165, 1.54) is 0 Å². The van der Waals surface area contributed by atoms with E-state index < -0.39 is 9.84 Å². The van der Waals surface area contributed by atoms with E-state index in [-0.39, 0.29) is 23.5 Å². The van der Waals surface area contributed by atoms with E-state index in [1.807, 2.05) is 6.92 Å². The summed E-state index contributed by atoms with van der Waals surface area (Å²) in [4.78, 5) is 16.5. The van der Waals surface area contributed by atoms with E-state index in [0.29, 0.717) is 25.3 Å². The van der Waals surface area contributed by atoms with Crippen molar-refractivity contribution in [3.8, 4) is 0 Å². The quantitative estimate of drug-likeness (QED) is 0.769. The number of hydrogen-bond acceptors (Lipinski definition) is 4. The maximum Gasteiger partial charge on any atom is 0.223 e. The van der Waals surface area contributed by atoms with Crippen LogP contribution >= 0.6 is 0 Å². The fraction of sp³-hybridized carbons (Fsp3) is 0.929. The molecule has 0 N–H and O–H groups in total. The number of piperidine rings is 1. The van der Waals surface area contributed by atoms with Crippen LogP contribution in [-0.2, 0) is 14.6 Å². The average Bonchev–Trinajstić information content (AvgIpc) is 2.70. The predicted octanol–water partition coefficient (Wildman–Crippen LogP) is 0.754. The molecule has 20 heavy (non-hydrogen) atoms. The molecule has 6 heteroatoms. The van der Waals surface area contributed by atoms with Crippen molar-refractivity contribution >= 4 is 15.7 Å². The van der Waals surface area contributed by atoms with Crippen LogP contribution in [-0.4, -0.2) is 68.4 Å². The lowest BCUT2D eigenvalue weighted by molar-refractivity contribution is -0.134. The van der Waals surface area contributed by atoms with E-state index in [4.69, 9.17) is 0 Å². The minimum absolute atomic E-state index is 0.0983. The highest BCUT2D eigenvalue weighted by atomic mass is 32.2. The first kappa shape index (κ1) is 15.8. The first-order valence-corrected chi connectivity index (χ1v) is 9.42. The zero-order chi connectivity index (χ0) is 14.8. The fourth-order valence-electron chi connectivity index (χ4n) is 3.46. The Labute approximate surface area is 122 Å². The van der Waals surface area contributed by atoms with E-state index in [2.05, 4.69) is 11.9 Å². The molecule has 0 saturated carbocycles. The molecule has 0 spiro atoms. The Kier molecular flexibility index (Phi) is 5.07. The summed E-state index contributed by atoms with van der Waals surface area (Å²) in [5, 5.41) is 0. The second-order valence-electron chi connectivity index (χ2n) is 6.21. The minimum atomic E-state index is -2.93. The number of carbonyl (C=O) groups is 1. The molecule has 2 heterocycles. The smallest absolute Gasteiger partial charge is 0.223 e. The summed E-state index contributed by atoms with van der Waals surface area (Å²) >= 11 is 0. The molecule has 1 amide bonds. The van der Waals surface area contributed by atoms with Crippen molar-refractivity contribution in [1.82, 2.24) is 9.80 Å². The van der Waals surface area contributed by atoms with E-state index in [0.717, 1.165) is 25.9 Å². The summed E-state index contributed by atoms with van der Waals surface area (Å²) in [7, 11) is -0.833. The van der Waals surface area contributed by atoms with Crippen LogP contribution in [0.25, 0.3) is 0 Å². The van der Waals surface area contributed by atoms with Gasteiger partial charge in [-0.15, -0.1) is 0 Å². The van der Waals surface area contributed by atoms with Gasteiger partial charge in [-0.1, -0.05) is 0 Å². The second-order valence-corrected chi connectivity index (χ2v) is 8.44. The van der Waals surface area contributed by atoms with Gasteiger partial charge in [0.15, 0.2) is 9.84 Å². The number of nitrogens with zero attached hydrogens (tertiary/aromatic N) is 2. The number of hydrogen-bond donors (Lipinski definition) is 0. The molecule has 0 bridgehead atoms. The third-order valence-electron chi connectivity index (χ3n) is 4.50. The summed E-state index contributed by atoms with van der Waals surface area (Å²) in [6, 6.07) is -0.0983. The maximum absolute atomic E-state index is 12.5. The Hall–Kier alpha value is -0.620. The molecule has 0 aliphatic carbocycles. The van der Waals surface area contributed by atoms with Crippen LogP contribution in [0.3, 0.4) is 0 Å². The molecule has 0 aromatic carbocycles. The van der Waals surface area contributed by atoms with Gasteiger partial charge in [-0.3, -0.25) is 4.79 Å². The third-order valence-corrected chi connectivity index (χ3v) is 6.25. The highest BCUT2D eigenvalue weighted by Crippen LogP contribution is 2.23. The lowest BCUT2D eigenvalue weighted by atomic mass is 9.94. The summed E-state index contributed by atoms with van der Waals surface area (Å²) in [6.07, 6.45) is 3.43. The Balaban J connectivity index is 1.92. The molecule has 0 aromatic rings. The lowest BCUT2D eigenvalue weighted by Gasteiger charge is -2.32. The largest absolute Gasteiger partial charge is 0.339 e. The molecule has 2 unspecified atom stereocenters. The van der Waals surface area contributed by atoms with Gasteiger partial charge in [-0.2, -0.15) is 0 Å². The molecule has 0 radical (unpaired) electrons. The molecule has 2 aliphatic heterocycles. The van der Waals surface area contributed by atoms with Gasteiger partial charge in [-0.05, 0) is 45.7 Å². The second kappa shape index (κ2) is 6.43. The van der Waals surface area contributed by atoms with Gasteiger partial charge in [0.2, 0.25) is 5.91 Å². The van der Waals surface area contributed by atoms with Crippen LogP contribution in [0.2, 0.25) is 0 Å². The van der Waals surface area contributed by atoms with Crippen LogP contribution in [0.4, 0.5) is 0 Å². The molecule has 2 rings (SSSR count). The van der Waals surface area contributed by atoms with Gasteiger partial charge in [0, 0.05) is 25.6 Å². The van der Waals surface area contributed by atoms with Crippen molar-refractivity contribution in [2.45, 2.75) is 38.6 Å². The fourth-order valence-corrected chi connectivity index (χ4v) is 5.19. The highest BCUT2D eigenvalue weighted by molar-refractivity contribution is 7.91. The lowest BCUT2D eigenvalue weighted by Crippen LogP contribution is -2.43. The molecule has 2 saturated heterocycles. The molecule has 2 aliphatic rings. The SMILES string of the molecule is CCN(C(=O)CC1CCCN(C)C1)C1CCS(=O)(=O)C1. The molecule has 116 valence electrons. The Bertz CT molecular complexity index is 449. The van der Waals surface area contributed by atoms with Crippen molar-refractivity contribution in [1.29, 1.82) is 0 Å². The zero-order valence-corrected chi connectivity index (χ0v) is 13.4. The molecular weight excluding hydrogens is 276 g/mol. The van der Waals surface area contributed by atoms with Crippen LogP contribution in [0.15, 0.2) is 0 Å². The molecule has 2 atom stereocenters. The standard InChI is InChI=1S/C14H26N2O3S/c1-3-16(13-6-8-20(18,19)11-13)14(17)9-12-5-4-7-15(2)10-12/h12-13H,3-11H2,1-2H3. The summed E-state index contributed by atoms with van der Waals surface area (Å²) in [5.41, 5.74) is 0. The minimum Gasteiger partial charge on any atom is -0.339 e. The van der Waals surface area contributed by atoms with Crippen LogP contribution in [0, 0.1) is 5.92 Å². The molecule has 2 fully saturated rings. The van der Waals surface area contributed by atoms with Crippen molar-refractivity contribution in [2.75, 3.05) is 38.2 Å². The Morgan fingerprint density at radius 2 is 2.10 bits per heavy atom. The van der Waals surface area contributed by atoms with Crippen molar-refractivity contribution in [3.63, 3.8) is 0 Å². The highest BCUT2D eigenvalue weighted by Gasteiger charge is 2.34. The molecular formula is C14H26N2O3S. The maximum atomic E-state index is 12.5. The van der Waals surface area contributed by atoms with Crippen molar-refractivity contribution < 1.29 is 13.2 Å². The van der Waals surface area contributed by atoms with Crippen molar-refractivity contribution in [3.05, 3.63) is 0 Å².